The summed E-state index contributed by atoms with van der Waals surface area (Å²) in [5.41, 5.74) is 7.63. The standard InChI is InChI=1S/C87H155N10O31PS/c1-58(88)64-29-28-62(25-23-45-125-129(115,130)116-5)24-22-26-65(64)66(89)27-14-6-10-18-41-117-50-51-118-49-35-73(107)97-39-30-63(31-40-97)83(114)96-87(55-119-46-32-70(104)90-36-15-7-11-19-42-122-84-74(93-59(2)101)80(111)77(108)67(52-98)126-84,56-120-47-33-71(105)91-37-16-8-12-20-43-123-85-75(94-60(3)102)81(112)78(109)68(53-99)127-85)57-121-48-34-72(106)92-38-17-9-13-21-44-124-86-76(95-61(4)103)82(113)79(110)69(54-100)128-86/h10,18,62-63,65,67-69,74-82,84-86,89,98-100,108-113H,6-9,11-17,19-57,88H2,1-5H3,(H,90,104)(H,91,105)(H,92,106)(H,93,101)(H,94,102)(H,95,103)(H,96,114)(H,115,130)/b18-10+,64-58-,89-66?. The first-order valence-corrected chi connectivity index (χ1v) is 49.0. The van der Waals surface area contributed by atoms with Crippen molar-refractivity contribution in [3.05, 3.63) is 23.4 Å². The maximum atomic E-state index is 14.7. The summed E-state index contributed by atoms with van der Waals surface area (Å²) in [6.45, 7) is 3.25. The van der Waals surface area contributed by atoms with Crippen molar-refractivity contribution in [2.24, 2.45) is 23.5 Å². The number of carbonyl (C=O) groups is 8. The molecule has 8 amide bonds. The first-order valence-electron chi connectivity index (χ1n) is 46.4. The molecule has 18 atom stereocenters. The number of allylic oxidation sites excluding steroid dienone is 3. The molecule has 0 radical (unpaired) electrons. The van der Waals surface area contributed by atoms with Gasteiger partial charge >= 0.3 is 6.72 Å². The summed E-state index contributed by atoms with van der Waals surface area (Å²) >= 11 is 4.95. The van der Waals surface area contributed by atoms with Crippen molar-refractivity contribution in [1.82, 2.24) is 42.1 Å². The van der Waals surface area contributed by atoms with Gasteiger partial charge in [0.15, 0.2) is 18.9 Å². The fourth-order valence-electron chi connectivity index (χ4n) is 16.1. The number of rotatable bonds is 66. The van der Waals surface area contributed by atoms with Crippen LogP contribution in [0, 0.1) is 23.2 Å². The van der Waals surface area contributed by atoms with E-state index in [2.05, 4.69) is 43.3 Å². The molecule has 20 N–H and O–H groups in total. The molecular formula is C87H155N10O31PS. The zero-order valence-corrected chi connectivity index (χ0v) is 78.5. The van der Waals surface area contributed by atoms with Crippen LogP contribution in [0.25, 0.3) is 0 Å². The fraction of sp³-hybridized carbons (Fsp3) is 0.851. The molecule has 0 bridgehead atoms. The number of ether oxygens (including phenoxy) is 11. The van der Waals surface area contributed by atoms with E-state index in [1.54, 1.807) is 4.90 Å². The molecule has 43 heteroatoms. The topological polar surface area (TPSA) is 596 Å². The minimum Gasteiger partial charge on any atom is -0.402 e. The average molecular weight is 1900 g/mol. The van der Waals surface area contributed by atoms with Crippen LogP contribution >= 0.6 is 6.72 Å². The Morgan fingerprint density at radius 3 is 1.35 bits per heavy atom. The SMILES string of the molecule is COP(O)(=S)OCCCC1CCCC(C(=N)CCC/C=C/COCCOCCC(=O)N2CCC(C(=O)NC(COCCC(=O)NCCCCCCOC3OC(CO)C(O)C(O)C3NC(C)=O)(COCCC(=O)NCCCCCCOC3OC(CO)C(O)C(O)C3NC(C)=O)COCCC(=O)NCCCCCCOC3OC(CO)C(O)C(O)C3NC(C)=O)CC2)/C(=C(/C)N)CC1. The number of aliphatic hydroxyl groups is 9. The van der Waals surface area contributed by atoms with Crippen LogP contribution in [0.2, 0.25) is 0 Å². The van der Waals surface area contributed by atoms with Gasteiger partial charge in [-0.2, -0.15) is 0 Å². The Balaban J connectivity index is 1.13. The Kier molecular flexibility index (Phi) is 57.7. The van der Waals surface area contributed by atoms with Crippen LogP contribution in [0.15, 0.2) is 23.4 Å². The monoisotopic (exact) mass is 1900 g/mol. The summed E-state index contributed by atoms with van der Waals surface area (Å²) in [5, 5.41) is 120. The molecule has 0 aromatic heterocycles. The van der Waals surface area contributed by atoms with Gasteiger partial charge in [-0.15, -0.1) is 0 Å². The summed E-state index contributed by atoms with van der Waals surface area (Å²) < 4.78 is 74.9. The van der Waals surface area contributed by atoms with E-state index in [0.29, 0.717) is 147 Å². The third kappa shape index (κ3) is 44.5. The number of nitrogens with two attached hydrogens (primary N) is 1. The molecule has 5 fully saturated rings. The molecule has 0 aromatic carbocycles. The molecule has 0 aromatic rings. The molecule has 5 aliphatic rings. The maximum absolute atomic E-state index is 14.7. The predicted octanol–water partition coefficient (Wildman–Crippen LogP) is 0.470. The molecule has 4 aliphatic heterocycles. The lowest BCUT2D eigenvalue weighted by atomic mass is 9.77. The summed E-state index contributed by atoms with van der Waals surface area (Å²) in [6.07, 6.45) is 5.48. The van der Waals surface area contributed by atoms with Crippen LogP contribution < -0.4 is 43.0 Å². The van der Waals surface area contributed by atoms with Gasteiger partial charge in [0.1, 0.15) is 78.6 Å². The average Bonchev–Trinajstić information content (AvgIpc) is 0.804. The maximum Gasteiger partial charge on any atom is 0.324 e. The molecule has 4 heterocycles. The highest BCUT2D eigenvalue weighted by Gasteiger charge is 2.49. The van der Waals surface area contributed by atoms with Crippen molar-refractivity contribution in [1.29, 1.82) is 5.41 Å². The van der Waals surface area contributed by atoms with E-state index in [0.717, 1.165) is 63.5 Å². The van der Waals surface area contributed by atoms with Crippen molar-refractivity contribution in [2.75, 3.05) is 152 Å². The van der Waals surface area contributed by atoms with Gasteiger partial charge in [0.05, 0.1) is 98.9 Å². The quantitative estimate of drug-likeness (QED) is 0.0170. The van der Waals surface area contributed by atoms with E-state index < -0.39 is 148 Å². The minimum absolute atomic E-state index is 0.0439. The van der Waals surface area contributed by atoms with E-state index in [4.69, 9.17) is 84.1 Å². The number of unbranched alkanes of at least 4 members (excludes halogenated alkanes) is 10. The summed E-state index contributed by atoms with van der Waals surface area (Å²) in [5.74, 6) is -2.94. The molecule has 130 heavy (non-hydrogen) atoms. The third-order valence-corrected chi connectivity index (χ3v) is 25.2. The lowest BCUT2D eigenvalue weighted by Crippen LogP contribution is -2.64. The Hall–Kier alpha value is -5.56. The number of hydrogen-bond acceptors (Lipinski definition) is 33. The second kappa shape index (κ2) is 65.2. The van der Waals surface area contributed by atoms with Gasteiger partial charge in [-0.3, -0.25) is 38.4 Å². The number of aliphatic hydroxyl groups excluding tert-OH is 9. The van der Waals surface area contributed by atoms with Gasteiger partial charge in [-0.1, -0.05) is 63.5 Å². The second-order valence-electron chi connectivity index (χ2n) is 34.1. The van der Waals surface area contributed by atoms with Crippen molar-refractivity contribution < 1.29 is 150 Å². The zero-order valence-electron chi connectivity index (χ0n) is 76.8. The first-order chi connectivity index (χ1) is 62.4. The van der Waals surface area contributed by atoms with Crippen LogP contribution in [0.4, 0.5) is 0 Å². The molecule has 4 saturated heterocycles. The number of piperidine rings is 1. The van der Waals surface area contributed by atoms with Crippen molar-refractivity contribution in [3.63, 3.8) is 0 Å². The van der Waals surface area contributed by atoms with Gasteiger partial charge in [-0.05, 0) is 133 Å². The predicted molar refractivity (Wildman–Crippen MR) is 477 cm³/mol. The molecule has 1 aliphatic carbocycles. The molecule has 5 rings (SSSR count). The molecule has 750 valence electrons. The number of likely N-dealkylation sites (tertiary alicyclic amines) is 1. The highest BCUT2D eigenvalue weighted by atomic mass is 32.5. The summed E-state index contributed by atoms with van der Waals surface area (Å²) in [7, 11) is 1.35. The Morgan fingerprint density at radius 1 is 0.508 bits per heavy atom. The van der Waals surface area contributed by atoms with E-state index in [9.17, 15) is 89.2 Å². The zero-order chi connectivity index (χ0) is 95.2. The van der Waals surface area contributed by atoms with Crippen LogP contribution in [0.3, 0.4) is 0 Å². The highest BCUT2D eigenvalue weighted by molar-refractivity contribution is 8.07. The Morgan fingerprint density at radius 2 is 0.931 bits per heavy atom. The van der Waals surface area contributed by atoms with Gasteiger partial charge < -0.3 is 165 Å². The van der Waals surface area contributed by atoms with Gasteiger partial charge in [0.2, 0.25) is 47.3 Å². The van der Waals surface area contributed by atoms with Crippen LogP contribution in [-0.2, 0) is 111 Å². The third-order valence-electron chi connectivity index (χ3n) is 23.5. The van der Waals surface area contributed by atoms with Gasteiger partial charge in [0.25, 0.3) is 0 Å². The van der Waals surface area contributed by atoms with E-state index in [1.807, 2.05) is 13.0 Å². The lowest BCUT2D eigenvalue weighted by molar-refractivity contribution is -0.270. The fourth-order valence-corrected chi connectivity index (χ4v) is 16.8. The van der Waals surface area contributed by atoms with E-state index in [-0.39, 0.29) is 147 Å². The van der Waals surface area contributed by atoms with Crippen LogP contribution in [0.5, 0.6) is 0 Å². The highest BCUT2D eigenvalue weighted by Crippen LogP contribution is 2.43. The smallest absolute Gasteiger partial charge is 0.324 e. The first kappa shape index (κ1) is 115. The van der Waals surface area contributed by atoms with Gasteiger partial charge in [-0.25, -0.2) is 0 Å². The van der Waals surface area contributed by atoms with E-state index >= 15 is 0 Å². The Bertz CT molecular complexity index is 3190. The van der Waals surface area contributed by atoms with Crippen LogP contribution in [-0.4, -0.2) is 358 Å². The largest absolute Gasteiger partial charge is 0.402 e. The van der Waals surface area contributed by atoms with Crippen molar-refractivity contribution in [3.8, 4) is 0 Å². The lowest BCUT2D eigenvalue weighted by Gasteiger charge is -2.42. The molecule has 18 unspecified atom stereocenters. The van der Waals surface area contributed by atoms with Gasteiger partial charge in [0, 0.05) is 123 Å². The molecule has 41 nitrogen and oxygen atoms in total. The van der Waals surface area contributed by atoms with Crippen LogP contribution in [0.1, 0.15) is 207 Å². The number of nitrogens with zero attached hydrogens (tertiary/aromatic N) is 1. The number of hydrogen-bond donors (Lipinski definition) is 19. The summed E-state index contributed by atoms with van der Waals surface area (Å²) in [4.78, 5) is 115. The number of nitrogens with one attached hydrogen (secondary N) is 8. The second-order valence-corrected chi connectivity index (χ2v) is 37.0. The molecular weight excluding hydrogens is 1740 g/mol. The van der Waals surface area contributed by atoms with E-state index in [1.165, 1.54) is 33.5 Å². The summed E-state index contributed by atoms with van der Waals surface area (Å²) in [6, 6.07) is -3.21. The number of carbonyl (C=O) groups excluding carboxylic acids is 8. The minimum atomic E-state index is -3.17. The normalized spacial score (nSPS) is 26.5. The number of amides is 8. The van der Waals surface area contributed by atoms with Crippen molar-refractivity contribution >= 4 is 71.5 Å². The molecule has 1 saturated carbocycles. The van der Waals surface area contributed by atoms with Crippen molar-refractivity contribution in [2.45, 2.75) is 305 Å². The Labute approximate surface area is 769 Å². The molecule has 0 spiro atoms.